The highest BCUT2D eigenvalue weighted by molar-refractivity contribution is 5.79. The highest BCUT2D eigenvalue weighted by Gasteiger charge is 2.60. The Morgan fingerprint density at radius 2 is 1.60 bits per heavy atom. The van der Waals surface area contributed by atoms with Crippen molar-refractivity contribution < 1.29 is 87.6 Å². The van der Waals surface area contributed by atoms with Crippen molar-refractivity contribution >= 4 is 11.9 Å². The Hall–Kier alpha value is -4.06. The second kappa shape index (κ2) is 25.2. The fraction of sp³-hybridized carbons (Fsp3) is 0.690. The molecule has 6 aliphatic heterocycles. The summed E-state index contributed by atoms with van der Waals surface area (Å²) >= 11 is 0. The number of rotatable bonds is 11. The molecule has 19 heteroatoms. The standard InChI is InChI=1S/C48H72O14.C10H13NO4/c1-11-25(2)43-28(5)17-18-47(62-43)23-34-20-33(61-47)16-15-27(4)42(26(3)13-12-14-32-24-55-45-40(49)29(6)19-35(46(51)58-34)48(32,45)52)59-39-22-37(54-10)44(31(8)57-39)60-38-21-36(53-9)41(50)30(7)56-38;1-10(11,9(14)15)5-6-2-3-7(12)8(13)4-6/h12-15,17-19,25-26,28,30-31,33-45,49-50,52H,11,16,20-24H2,1-10H3;2-4,12-13H,5,11H2,1H3,(H,14,15). The van der Waals surface area contributed by atoms with Crippen LogP contribution >= 0.6 is 0 Å². The number of aliphatic carboxylic acids is 1. The van der Waals surface area contributed by atoms with Gasteiger partial charge in [0.05, 0.1) is 49.3 Å². The van der Waals surface area contributed by atoms with E-state index in [0.29, 0.717) is 48.8 Å². The number of hydrogen-bond acceptors (Lipinski definition) is 18. The largest absolute Gasteiger partial charge is 0.504 e. The third kappa shape index (κ3) is 13.6. The zero-order valence-electron chi connectivity index (χ0n) is 46.5. The highest BCUT2D eigenvalue weighted by Crippen LogP contribution is 2.47. The van der Waals surface area contributed by atoms with Gasteiger partial charge < -0.3 is 83.7 Å². The number of carbonyl (C=O) groups excluding carboxylic acids is 1. The van der Waals surface area contributed by atoms with Crippen LogP contribution in [-0.2, 0) is 63.4 Å². The van der Waals surface area contributed by atoms with Crippen LogP contribution in [0.5, 0.6) is 11.5 Å². The third-order valence-electron chi connectivity index (χ3n) is 16.6. The molecule has 8 rings (SSSR count). The molecule has 7 aliphatic rings. The summed E-state index contributed by atoms with van der Waals surface area (Å²) in [6, 6.07) is 4.11. The number of carboxylic acid groups (broad SMARTS) is 1. The van der Waals surface area contributed by atoms with Crippen LogP contribution in [-0.4, -0.2) is 166 Å². The first kappa shape index (κ1) is 60.6. The van der Waals surface area contributed by atoms with Crippen molar-refractivity contribution in [1.82, 2.24) is 0 Å². The van der Waals surface area contributed by atoms with Crippen molar-refractivity contribution in [3.63, 3.8) is 0 Å². The van der Waals surface area contributed by atoms with Crippen LogP contribution in [0.15, 0.2) is 77.5 Å². The lowest BCUT2D eigenvalue weighted by atomic mass is 9.71. The average Bonchev–Trinajstić information content (AvgIpc) is 3.75. The molecule has 1 spiro atoms. The Morgan fingerprint density at radius 1 is 0.909 bits per heavy atom. The van der Waals surface area contributed by atoms with Crippen molar-refractivity contribution in [2.45, 2.75) is 210 Å². The van der Waals surface area contributed by atoms with Crippen LogP contribution in [0.4, 0.5) is 0 Å². The summed E-state index contributed by atoms with van der Waals surface area (Å²) in [6.07, 6.45) is 8.63. The molecule has 1 aromatic carbocycles. The number of esters is 1. The number of carbonyl (C=O) groups is 2. The molecule has 1 aliphatic carbocycles. The molecule has 4 fully saturated rings. The van der Waals surface area contributed by atoms with E-state index in [1.165, 1.54) is 25.1 Å². The molecule has 4 saturated heterocycles. The molecule has 0 aromatic heterocycles. The topological polar surface area (TPSA) is 274 Å². The molecule has 77 heavy (non-hydrogen) atoms. The Kier molecular flexibility index (Phi) is 19.8. The maximum atomic E-state index is 14.3. The van der Waals surface area contributed by atoms with Crippen molar-refractivity contribution in [3.05, 3.63) is 83.0 Å². The number of carboxylic acids is 1. The molecular formula is C58H85NO18. The molecule has 1 aromatic rings. The van der Waals surface area contributed by atoms with E-state index in [2.05, 4.69) is 39.8 Å². The molecule has 0 radical (unpaired) electrons. The normalized spacial score (nSPS) is 40.6. The third-order valence-corrected chi connectivity index (χ3v) is 16.6. The Labute approximate surface area is 452 Å². The highest BCUT2D eigenvalue weighted by atomic mass is 16.7. The van der Waals surface area contributed by atoms with E-state index in [1.54, 1.807) is 40.2 Å². The van der Waals surface area contributed by atoms with Gasteiger partial charge in [-0.2, -0.15) is 0 Å². The second-order valence-electron chi connectivity index (χ2n) is 22.7. The first-order valence-electron chi connectivity index (χ1n) is 27.2. The summed E-state index contributed by atoms with van der Waals surface area (Å²) < 4.78 is 63.7. The Balaban J connectivity index is 0.000000495. The van der Waals surface area contributed by atoms with E-state index < -0.39 is 102 Å². The molecule has 430 valence electrons. The number of aromatic hydroxyl groups is 2. The number of hydrogen-bond donors (Lipinski definition) is 7. The number of allylic oxidation sites excluding steroid dienone is 2. The summed E-state index contributed by atoms with van der Waals surface area (Å²) in [6.45, 7) is 17.5. The lowest BCUT2D eigenvalue weighted by molar-refractivity contribution is -0.318. The van der Waals surface area contributed by atoms with E-state index in [0.717, 1.165) is 12.0 Å². The van der Waals surface area contributed by atoms with Crippen molar-refractivity contribution in [2.24, 2.45) is 29.4 Å². The monoisotopic (exact) mass is 1080 g/mol. The summed E-state index contributed by atoms with van der Waals surface area (Å²) in [5.41, 5.74) is 4.84. The maximum absolute atomic E-state index is 14.3. The average molecular weight is 1080 g/mol. The number of aliphatic hydroxyl groups excluding tert-OH is 2. The lowest BCUT2D eigenvalue weighted by Gasteiger charge is -2.48. The number of aliphatic hydroxyl groups is 3. The molecule has 6 heterocycles. The molecule has 8 N–H and O–H groups in total. The van der Waals surface area contributed by atoms with Crippen LogP contribution in [0.1, 0.15) is 106 Å². The van der Waals surface area contributed by atoms with Gasteiger partial charge in [-0.05, 0) is 87.4 Å². The van der Waals surface area contributed by atoms with E-state index >= 15 is 0 Å². The minimum Gasteiger partial charge on any atom is -0.504 e. The van der Waals surface area contributed by atoms with Gasteiger partial charge in [0, 0.05) is 58.2 Å². The quantitative estimate of drug-likeness (QED) is 0.0781. The van der Waals surface area contributed by atoms with Gasteiger partial charge in [0.2, 0.25) is 0 Å². The minimum atomic E-state index is -1.84. The number of ether oxygens (including phenoxy) is 10. The number of phenolic OH excluding ortho intramolecular Hbond substituents is 2. The first-order valence-corrected chi connectivity index (χ1v) is 27.2. The van der Waals surface area contributed by atoms with Crippen molar-refractivity contribution in [2.75, 3.05) is 20.8 Å². The summed E-state index contributed by atoms with van der Waals surface area (Å²) in [5.74, 6) is -4.21. The Bertz CT molecular complexity index is 2370. The summed E-state index contributed by atoms with van der Waals surface area (Å²) in [5, 5.41) is 61.3. The zero-order chi connectivity index (χ0) is 56.3. The van der Waals surface area contributed by atoms with Crippen LogP contribution in [0.2, 0.25) is 0 Å². The van der Waals surface area contributed by atoms with Gasteiger partial charge in [0.1, 0.15) is 47.6 Å². The molecule has 0 amide bonds. The number of fused-ring (bicyclic) bond motifs is 2. The molecule has 21 atom stereocenters. The number of nitrogens with two attached hydrogens (primary N) is 1. The van der Waals surface area contributed by atoms with Gasteiger partial charge in [-0.25, -0.2) is 0 Å². The predicted octanol–water partition coefficient (Wildman–Crippen LogP) is 5.82. The number of benzene rings is 1. The fourth-order valence-electron chi connectivity index (χ4n) is 11.7. The molecular weight excluding hydrogens is 999 g/mol. The smallest absolute Gasteiger partial charge is 0.323 e. The van der Waals surface area contributed by atoms with Crippen LogP contribution in [0, 0.1) is 23.7 Å². The van der Waals surface area contributed by atoms with Gasteiger partial charge >= 0.3 is 11.9 Å². The lowest BCUT2D eigenvalue weighted by Crippen LogP contribution is -2.58. The van der Waals surface area contributed by atoms with Gasteiger partial charge in [-0.15, -0.1) is 0 Å². The van der Waals surface area contributed by atoms with Gasteiger partial charge in [0.15, 0.2) is 29.9 Å². The summed E-state index contributed by atoms with van der Waals surface area (Å²) in [4.78, 5) is 25.1. The molecule has 2 bridgehead atoms. The zero-order valence-corrected chi connectivity index (χ0v) is 46.5. The van der Waals surface area contributed by atoms with E-state index in [4.69, 9.17) is 63.3 Å². The van der Waals surface area contributed by atoms with Crippen LogP contribution < -0.4 is 5.73 Å². The van der Waals surface area contributed by atoms with Crippen molar-refractivity contribution in [1.29, 1.82) is 0 Å². The number of methoxy groups -OCH3 is 2. The maximum Gasteiger partial charge on any atom is 0.323 e. The van der Waals surface area contributed by atoms with E-state index in [9.17, 15) is 30.0 Å². The predicted molar refractivity (Wildman–Crippen MR) is 281 cm³/mol. The Morgan fingerprint density at radius 3 is 2.27 bits per heavy atom. The van der Waals surface area contributed by atoms with Crippen LogP contribution in [0.3, 0.4) is 0 Å². The molecule has 19 nitrogen and oxygen atoms in total. The number of phenols is 2. The second-order valence-corrected chi connectivity index (χ2v) is 22.7. The van der Waals surface area contributed by atoms with Gasteiger partial charge in [-0.3, -0.25) is 9.59 Å². The summed E-state index contributed by atoms with van der Waals surface area (Å²) in [7, 11) is 3.22. The molecule has 0 saturated carbocycles. The molecule has 21 unspecified atom stereocenters. The first-order chi connectivity index (χ1) is 36.3. The fourth-order valence-corrected chi connectivity index (χ4v) is 11.7. The van der Waals surface area contributed by atoms with Crippen LogP contribution in [0.25, 0.3) is 0 Å². The SMILES string of the molecule is CC(N)(Cc1ccc(O)c(O)c1)C(=O)O.CCC(C)C1OC2(C=CC1C)CC1CC(CC=C(C)C(OC3CC(OC)C(OC4CC(OC)C(O)C(C)O4)C(C)O3)C(C)C=CC=C3COC4C(O)C(C)=CC(C(=O)O1)C34O)O2. The van der Waals surface area contributed by atoms with E-state index in [-0.39, 0.29) is 60.6 Å². The van der Waals surface area contributed by atoms with Gasteiger partial charge in [0.25, 0.3) is 0 Å². The minimum absolute atomic E-state index is 0.0317. The van der Waals surface area contributed by atoms with Gasteiger partial charge in [-0.1, -0.05) is 76.6 Å². The van der Waals surface area contributed by atoms with E-state index in [1.807, 2.05) is 32.1 Å². The van der Waals surface area contributed by atoms with Crippen molar-refractivity contribution in [3.8, 4) is 11.5 Å².